The maximum absolute atomic E-state index is 11.0. The molecule has 74 valence electrons. The molecule has 0 radical (unpaired) electrons. The summed E-state index contributed by atoms with van der Waals surface area (Å²) >= 11 is 0. The molecule has 0 aromatic carbocycles. The third-order valence-corrected chi connectivity index (χ3v) is 1.11. The Morgan fingerprint density at radius 1 is 1.15 bits per heavy atom. The predicted molar refractivity (Wildman–Crippen MR) is 46.5 cm³/mol. The van der Waals surface area contributed by atoms with Gasteiger partial charge in [-0.05, 0) is 27.7 Å². The van der Waals surface area contributed by atoms with Gasteiger partial charge < -0.3 is 0 Å². The van der Waals surface area contributed by atoms with Crippen LogP contribution in [-0.2, 0) is 19.4 Å². The Morgan fingerprint density at radius 3 is 2.08 bits per heavy atom. The van der Waals surface area contributed by atoms with Gasteiger partial charge in [0.15, 0.2) is 0 Å². The van der Waals surface area contributed by atoms with Gasteiger partial charge in [-0.3, -0.25) is 0 Å². The van der Waals surface area contributed by atoms with E-state index in [0.29, 0.717) is 0 Å². The minimum absolute atomic E-state index is 0.578. The molecule has 13 heavy (non-hydrogen) atoms. The van der Waals surface area contributed by atoms with Gasteiger partial charge in [-0.1, -0.05) is 6.08 Å². The van der Waals surface area contributed by atoms with Gasteiger partial charge in [0, 0.05) is 6.08 Å². The Balaban J connectivity index is 3.91. The number of rotatable bonds is 1. The first kappa shape index (κ1) is 11.7. The summed E-state index contributed by atoms with van der Waals surface area (Å²) in [5, 5.41) is 0. The highest BCUT2D eigenvalue weighted by Gasteiger charge is 2.25. The van der Waals surface area contributed by atoms with E-state index in [0.717, 1.165) is 6.08 Å². The Morgan fingerprint density at radius 2 is 1.69 bits per heavy atom. The first-order chi connectivity index (χ1) is 5.88. The maximum atomic E-state index is 11.0. The van der Waals surface area contributed by atoms with Crippen LogP contribution >= 0.6 is 0 Å². The van der Waals surface area contributed by atoms with Crippen LogP contribution in [0.15, 0.2) is 12.2 Å². The van der Waals surface area contributed by atoms with Crippen molar-refractivity contribution in [2.75, 3.05) is 0 Å². The second-order valence-corrected chi connectivity index (χ2v) is 3.52. The van der Waals surface area contributed by atoms with Gasteiger partial charge in [0.25, 0.3) is 0 Å². The quantitative estimate of drug-likeness (QED) is 0.354. The zero-order valence-corrected chi connectivity index (χ0v) is 8.29. The summed E-state index contributed by atoms with van der Waals surface area (Å²) in [6.07, 6.45) is 2.66. The van der Waals surface area contributed by atoms with Crippen molar-refractivity contribution in [3.05, 3.63) is 12.2 Å². The molecule has 0 amide bonds. The van der Waals surface area contributed by atoms with Crippen LogP contribution in [0.5, 0.6) is 0 Å². The minimum Gasteiger partial charge on any atom is -0.247 e. The van der Waals surface area contributed by atoms with E-state index in [9.17, 15) is 9.59 Å². The zero-order chi connectivity index (χ0) is 10.5. The van der Waals surface area contributed by atoms with E-state index in [1.807, 2.05) is 0 Å². The van der Waals surface area contributed by atoms with Gasteiger partial charge in [0.05, 0.1) is 5.41 Å². The van der Waals surface area contributed by atoms with Crippen LogP contribution in [0.2, 0.25) is 0 Å². The van der Waals surface area contributed by atoms with E-state index < -0.39 is 17.4 Å². The summed E-state index contributed by atoms with van der Waals surface area (Å²) < 4.78 is 0. The lowest BCUT2D eigenvalue weighted by Gasteiger charge is -2.13. The molecule has 0 saturated carbocycles. The molecule has 0 bridgehead atoms. The van der Waals surface area contributed by atoms with Gasteiger partial charge in [0.1, 0.15) is 0 Å². The van der Waals surface area contributed by atoms with E-state index in [-0.39, 0.29) is 0 Å². The first-order valence-electron chi connectivity index (χ1n) is 3.93. The molecular formula is C9H14O4. The fourth-order valence-corrected chi connectivity index (χ4v) is 0.368. The molecule has 0 aromatic rings. The van der Waals surface area contributed by atoms with Gasteiger partial charge in [0.2, 0.25) is 0 Å². The fraction of sp³-hybridized carbons (Fsp3) is 0.556. The standard InChI is InChI=1S/C9H14O4/c1-5-6-7(10)12-13-8(11)9(2,3)4/h5-6H,1-4H3. The largest absolute Gasteiger partial charge is 0.378 e. The molecule has 0 aliphatic rings. The molecule has 0 spiro atoms. The number of hydrogen-bond donors (Lipinski definition) is 0. The molecule has 0 fully saturated rings. The van der Waals surface area contributed by atoms with Crippen molar-refractivity contribution < 1.29 is 19.4 Å². The van der Waals surface area contributed by atoms with Crippen molar-refractivity contribution >= 4 is 11.9 Å². The number of hydrogen-bond acceptors (Lipinski definition) is 4. The average Bonchev–Trinajstić information content (AvgIpc) is 1.99. The van der Waals surface area contributed by atoms with Gasteiger partial charge in [-0.2, -0.15) is 0 Å². The maximum Gasteiger partial charge on any atom is 0.378 e. The third-order valence-electron chi connectivity index (χ3n) is 1.11. The smallest absolute Gasteiger partial charge is 0.247 e. The minimum atomic E-state index is -0.694. The molecule has 4 heteroatoms. The Kier molecular flexibility index (Phi) is 4.17. The monoisotopic (exact) mass is 186 g/mol. The number of allylic oxidation sites excluding steroid dienone is 1. The van der Waals surface area contributed by atoms with Crippen molar-refractivity contribution in [3.63, 3.8) is 0 Å². The molecule has 0 N–H and O–H groups in total. The van der Waals surface area contributed by atoms with Crippen molar-refractivity contribution in [1.82, 2.24) is 0 Å². The lowest BCUT2D eigenvalue weighted by Crippen LogP contribution is -2.24. The van der Waals surface area contributed by atoms with E-state index in [1.165, 1.54) is 6.08 Å². The lowest BCUT2D eigenvalue weighted by atomic mass is 9.98. The lowest BCUT2D eigenvalue weighted by molar-refractivity contribution is -0.261. The molecule has 0 atom stereocenters. The molecule has 0 saturated heterocycles. The molecule has 0 unspecified atom stereocenters. The number of carbonyl (C=O) groups is 2. The Hall–Kier alpha value is -1.32. The summed E-state index contributed by atoms with van der Waals surface area (Å²) in [5.41, 5.74) is -0.670. The second kappa shape index (κ2) is 4.64. The van der Waals surface area contributed by atoms with Gasteiger partial charge in [-0.15, -0.1) is 0 Å². The van der Waals surface area contributed by atoms with Crippen LogP contribution in [0, 0.1) is 5.41 Å². The summed E-state index contributed by atoms with van der Waals surface area (Å²) in [7, 11) is 0. The van der Waals surface area contributed by atoms with Crippen LogP contribution in [0.1, 0.15) is 27.7 Å². The highest BCUT2D eigenvalue weighted by atomic mass is 17.2. The SMILES string of the molecule is CC=CC(=O)OOC(=O)C(C)(C)C. The zero-order valence-electron chi connectivity index (χ0n) is 8.29. The fourth-order valence-electron chi connectivity index (χ4n) is 0.368. The predicted octanol–water partition coefficient (Wildman–Crippen LogP) is 1.61. The normalized spacial score (nSPS) is 11.4. The molecule has 0 heterocycles. The highest BCUT2D eigenvalue weighted by Crippen LogP contribution is 2.15. The first-order valence-corrected chi connectivity index (χ1v) is 3.93. The molecular weight excluding hydrogens is 172 g/mol. The van der Waals surface area contributed by atoms with Crippen LogP contribution in [-0.4, -0.2) is 11.9 Å². The van der Waals surface area contributed by atoms with Crippen molar-refractivity contribution in [3.8, 4) is 0 Å². The van der Waals surface area contributed by atoms with E-state index in [2.05, 4.69) is 9.78 Å². The summed E-state index contributed by atoms with van der Waals surface area (Å²) in [6.45, 7) is 6.66. The third kappa shape index (κ3) is 5.00. The van der Waals surface area contributed by atoms with E-state index >= 15 is 0 Å². The van der Waals surface area contributed by atoms with Crippen LogP contribution in [0.4, 0.5) is 0 Å². The van der Waals surface area contributed by atoms with E-state index in [1.54, 1.807) is 27.7 Å². The average molecular weight is 186 g/mol. The Bertz CT molecular complexity index is 222. The molecule has 0 aliphatic heterocycles. The van der Waals surface area contributed by atoms with Gasteiger partial charge in [-0.25, -0.2) is 19.4 Å². The second-order valence-electron chi connectivity index (χ2n) is 3.52. The van der Waals surface area contributed by atoms with Crippen molar-refractivity contribution in [1.29, 1.82) is 0 Å². The molecule has 0 rings (SSSR count). The molecule has 4 nitrogen and oxygen atoms in total. The van der Waals surface area contributed by atoms with Crippen LogP contribution in [0.3, 0.4) is 0 Å². The highest BCUT2D eigenvalue weighted by molar-refractivity contribution is 5.82. The Labute approximate surface area is 77.4 Å². The topological polar surface area (TPSA) is 52.6 Å². The van der Waals surface area contributed by atoms with Gasteiger partial charge >= 0.3 is 11.9 Å². The number of carbonyl (C=O) groups excluding carboxylic acids is 2. The summed E-state index contributed by atoms with van der Waals surface area (Å²) in [4.78, 5) is 30.2. The van der Waals surface area contributed by atoms with Crippen LogP contribution in [0.25, 0.3) is 0 Å². The van der Waals surface area contributed by atoms with Crippen molar-refractivity contribution in [2.24, 2.45) is 5.41 Å². The van der Waals surface area contributed by atoms with Crippen molar-refractivity contribution in [2.45, 2.75) is 27.7 Å². The van der Waals surface area contributed by atoms with Crippen LogP contribution < -0.4 is 0 Å². The summed E-state index contributed by atoms with van der Waals surface area (Å²) in [5.74, 6) is -1.27. The molecule has 0 aliphatic carbocycles. The summed E-state index contributed by atoms with van der Waals surface area (Å²) in [6, 6.07) is 0. The molecule has 0 aromatic heterocycles. The van der Waals surface area contributed by atoms with E-state index in [4.69, 9.17) is 0 Å².